The summed E-state index contributed by atoms with van der Waals surface area (Å²) in [6.07, 6.45) is -1.17. The number of aliphatic hydroxyl groups excluding tert-OH is 1. The number of benzene rings is 2. The van der Waals surface area contributed by atoms with Crippen molar-refractivity contribution in [1.29, 1.82) is 0 Å². The van der Waals surface area contributed by atoms with Crippen molar-refractivity contribution < 1.29 is 19.6 Å². The molecule has 0 heterocycles. The second-order valence-electron chi connectivity index (χ2n) is 4.48. The Balaban J connectivity index is 2.05. The Morgan fingerprint density at radius 2 is 1.73 bits per heavy atom. The highest BCUT2D eigenvalue weighted by atomic mass is 16.6. The summed E-state index contributed by atoms with van der Waals surface area (Å²) in [6, 6.07) is 13.6. The smallest absolute Gasteiger partial charge is 0.341 e. The molecule has 6 nitrogen and oxygen atoms in total. The van der Waals surface area contributed by atoms with E-state index in [9.17, 15) is 20.0 Å². The van der Waals surface area contributed by atoms with Gasteiger partial charge in [-0.25, -0.2) is 4.79 Å². The molecule has 2 rings (SSSR count). The molecule has 0 amide bonds. The first-order chi connectivity index (χ1) is 10.5. The van der Waals surface area contributed by atoms with Crippen molar-refractivity contribution in [3.63, 3.8) is 0 Å². The van der Waals surface area contributed by atoms with Gasteiger partial charge in [0.05, 0.1) is 10.5 Å². The van der Waals surface area contributed by atoms with Crippen LogP contribution in [0.1, 0.15) is 11.7 Å². The molecule has 1 unspecified atom stereocenters. The summed E-state index contributed by atoms with van der Waals surface area (Å²) in [5.41, 5.74) is 0.292. The number of non-ortho nitro benzene ring substituents is 1. The Bertz CT molecular complexity index is 694. The van der Waals surface area contributed by atoms with Crippen molar-refractivity contribution in [3.8, 4) is 5.75 Å². The zero-order chi connectivity index (χ0) is 16.1. The molecule has 0 aliphatic carbocycles. The van der Waals surface area contributed by atoms with Crippen molar-refractivity contribution in [2.24, 2.45) is 0 Å². The molecule has 0 saturated heterocycles. The normalized spacial score (nSPS) is 11.5. The van der Waals surface area contributed by atoms with Gasteiger partial charge in [0.1, 0.15) is 11.9 Å². The number of carbonyl (C=O) groups excluding carboxylic acids is 1. The van der Waals surface area contributed by atoms with Gasteiger partial charge in [0.25, 0.3) is 5.69 Å². The first kappa shape index (κ1) is 15.4. The molecule has 6 heteroatoms. The zero-order valence-electron chi connectivity index (χ0n) is 11.5. The zero-order valence-corrected chi connectivity index (χ0v) is 11.5. The van der Waals surface area contributed by atoms with Crippen LogP contribution >= 0.6 is 0 Å². The number of hydrogen-bond acceptors (Lipinski definition) is 5. The first-order valence-corrected chi connectivity index (χ1v) is 6.37. The minimum atomic E-state index is -1.17. The fraction of sp³-hybridized carbons (Fsp3) is 0.0625. The minimum Gasteiger partial charge on any atom is -0.423 e. The predicted octanol–water partition coefficient (Wildman–Crippen LogP) is 2.79. The van der Waals surface area contributed by atoms with Gasteiger partial charge in [0.15, 0.2) is 0 Å². The third-order valence-corrected chi connectivity index (χ3v) is 2.97. The third kappa shape index (κ3) is 3.56. The van der Waals surface area contributed by atoms with E-state index in [1.165, 1.54) is 24.3 Å². The Hall–Kier alpha value is -2.99. The molecule has 0 fully saturated rings. The Labute approximate surface area is 126 Å². The molecule has 0 bridgehead atoms. The molecule has 0 aromatic heterocycles. The summed E-state index contributed by atoms with van der Waals surface area (Å²) in [6.45, 7) is 3.54. The van der Waals surface area contributed by atoms with Crippen LogP contribution in [0.3, 0.4) is 0 Å². The van der Waals surface area contributed by atoms with Crippen LogP contribution in [0.5, 0.6) is 5.75 Å². The maximum atomic E-state index is 11.9. The lowest BCUT2D eigenvalue weighted by Gasteiger charge is -2.13. The van der Waals surface area contributed by atoms with Crippen molar-refractivity contribution in [2.45, 2.75) is 6.10 Å². The van der Waals surface area contributed by atoms with Crippen molar-refractivity contribution in [1.82, 2.24) is 0 Å². The highest BCUT2D eigenvalue weighted by Crippen LogP contribution is 2.23. The second kappa shape index (κ2) is 6.64. The Morgan fingerprint density at radius 3 is 2.27 bits per heavy atom. The van der Waals surface area contributed by atoms with Crippen LogP contribution in [0, 0.1) is 10.1 Å². The average molecular weight is 299 g/mol. The number of rotatable bonds is 5. The van der Waals surface area contributed by atoms with Crippen LogP contribution in [0.4, 0.5) is 5.69 Å². The number of aliphatic hydroxyl groups is 1. The number of hydrogen-bond donors (Lipinski definition) is 1. The van der Waals surface area contributed by atoms with Gasteiger partial charge in [-0.3, -0.25) is 10.1 Å². The van der Waals surface area contributed by atoms with Crippen LogP contribution < -0.4 is 4.74 Å². The molecular formula is C16H13NO5. The molecule has 1 N–H and O–H groups in total. The molecule has 112 valence electrons. The SMILES string of the molecule is C=C(C(=O)Oc1ccc([N+](=O)[O-])cc1)C(O)c1ccccc1. The van der Waals surface area contributed by atoms with Gasteiger partial charge >= 0.3 is 5.97 Å². The lowest BCUT2D eigenvalue weighted by Crippen LogP contribution is -2.16. The summed E-state index contributed by atoms with van der Waals surface area (Å²) in [5, 5.41) is 20.6. The summed E-state index contributed by atoms with van der Waals surface area (Å²) < 4.78 is 5.03. The Morgan fingerprint density at radius 1 is 1.14 bits per heavy atom. The van der Waals surface area contributed by atoms with E-state index in [0.717, 1.165) is 0 Å². The largest absolute Gasteiger partial charge is 0.423 e. The predicted molar refractivity (Wildman–Crippen MR) is 79.3 cm³/mol. The van der Waals surface area contributed by atoms with E-state index in [1.807, 2.05) is 0 Å². The van der Waals surface area contributed by atoms with Gasteiger partial charge in [-0.1, -0.05) is 36.9 Å². The van der Waals surface area contributed by atoms with Crippen LogP contribution in [-0.4, -0.2) is 16.0 Å². The van der Waals surface area contributed by atoms with E-state index >= 15 is 0 Å². The molecular weight excluding hydrogens is 286 g/mol. The average Bonchev–Trinajstić information content (AvgIpc) is 2.54. The lowest BCUT2D eigenvalue weighted by molar-refractivity contribution is -0.384. The van der Waals surface area contributed by atoms with E-state index in [4.69, 9.17) is 4.74 Å². The summed E-state index contributed by atoms with van der Waals surface area (Å²) >= 11 is 0. The fourth-order valence-electron chi connectivity index (χ4n) is 1.76. The Kier molecular flexibility index (Phi) is 4.65. The number of ether oxygens (including phenoxy) is 1. The van der Waals surface area contributed by atoms with Crippen molar-refractivity contribution in [3.05, 3.63) is 82.4 Å². The number of nitro benzene ring substituents is 1. The molecule has 0 aliphatic rings. The monoisotopic (exact) mass is 299 g/mol. The molecule has 0 radical (unpaired) electrons. The maximum Gasteiger partial charge on any atom is 0.341 e. The van der Waals surface area contributed by atoms with Gasteiger partial charge in [-0.05, 0) is 17.7 Å². The summed E-state index contributed by atoms with van der Waals surface area (Å²) in [7, 11) is 0. The topological polar surface area (TPSA) is 89.7 Å². The van der Waals surface area contributed by atoms with Gasteiger partial charge in [-0.2, -0.15) is 0 Å². The van der Waals surface area contributed by atoms with E-state index in [0.29, 0.717) is 5.56 Å². The molecule has 0 spiro atoms. The maximum absolute atomic E-state index is 11.9. The third-order valence-electron chi connectivity index (χ3n) is 2.97. The fourth-order valence-corrected chi connectivity index (χ4v) is 1.76. The number of nitrogens with zero attached hydrogens (tertiary/aromatic N) is 1. The van der Waals surface area contributed by atoms with Gasteiger partial charge in [-0.15, -0.1) is 0 Å². The molecule has 2 aromatic rings. The van der Waals surface area contributed by atoms with Gasteiger partial charge < -0.3 is 9.84 Å². The summed E-state index contributed by atoms with van der Waals surface area (Å²) in [4.78, 5) is 21.9. The van der Waals surface area contributed by atoms with Crippen LogP contribution in [0.15, 0.2) is 66.7 Å². The van der Waals surface area contributed by atoms with E-state index in [-0.39, 0.29) is 17.0 Å². The van der Waals surface area contributed by atoms with Crippen LogP contribution in [0.2, 0.25) is 0 Å². The molecule has 1 atom stereocenters. The van der Waals surface area contributed by atoms with E-state index in [1.54, 1.807) is 30.3 Å². The van der Waals surface area contributed by atoms with E-state index in [2.05, 4.69) is 6.58 Å². The quantitative estimate of drug-likeness (QED) is 0.301. The summed E-state index contributed by atoms with van der Waals surface area (Å²) in [5.74, 6) is -0.665. The number of carbonyl (C=O) groups is 1. The van der Waals surface area contributed by atoms with Gasteiger partial charge in [0, 0.05) is 12.1 Å². The van der Waals surface area contributed by atoms with Crippen molar-refractivity contribution >= 4 is 11.7 Å². The number of esters is 1. The molecule has 22 heavy (non-hydrogen) atoms. The minimum absolute atomic E-state index is 0.108. The highest BCUT2D eigenvalue weighted by Gasteiger charge is 2.20. The second-order valence-corrected chi connectivity index (χ2v) is 4.48. The van der Waals surface area contributed by atoms with Crippen molar-refractivity contribution in [2.75, 3.05) is 0 Å². The molecule has 2 aromatic carbocycles. The first-order valence-electron chi connectivity index (χ1n) is 6.37. The molecule has 0 saturated carbocycles. The standard InChI is InChI=1S/C16H13NO5/c1-11(15(18)12-5-3-2-4-6-12)16(19)22-14-9-7-13(8-10-14)17(20)21/h2-10,15,18H,1H2. The van der Waals surface area contributed by atoms with Crippen LogP contribution in [-0.2, 0) is 4.79 Å². The van der Waals surface area contributed by atoms with Crippen LogP contribution in [0.25, 0.3) is 0 Å². The number of nitro groups is 1. The lowest BCUT2D eigenvalue weighted by atomic mass is 10.0. The molecule has 0 aliphatic heterocycles. The van der Waals surface area contributed by atoms with E-state index < -0.39 is 17.0 Å². The highest BCUT2D eigenvalue weighted by molar-refractivity contribution is 5.90. The van der Waals surface area contributed by atoms with Gasteiger partial charge in [0.2, 0.25) is 0 Å².